The van der Waals surface area contributed by atoms with Gasteiger partial charge in [-0.3, -0.25) is 14.9 Å². The Hall–Kier alpha value is -6.03. The molecular formula is C34H25N5O5. The monoisotopic (exact) mass is 583 g/mol. The van der Waals surface area contributed by atoms with E-state index in [1.807, 2.05) is 55.5 Å². The lowest BCUT2D eigenvalue weighted by atomic mass is 10.1. The van der Waals surface area contributed by atoms with Gasteiger partial charge in [-0.05, 0) is 48.9 Å². The molecule has 216 valence electrons. The van der Waals surface area contributed by atoms with Crippen molar-refractivity contribution in [1.82, 2.24) is 14.2 Å². The van der Waals surface area contributed by atoms with Crippen molar-refractivity contribution >= 4 is 44.7 Å². The Labute approximate surface area is 250 Å². The van der Waals surface area contributed by atoms with E-state index < -0.39 is 4.92 Å². The number of para-hydroxylation sites is 2. The van der Waals surface area contributed by atoms with Crippen LogP contribution in [0.1, 0.15) is 16.8 Å². The second-order valence-corrected chi connectivity index (χ2v) is 10.3. The quantitative estimate of drug-likeness (QED) is 0.114. The first-order valence-corrected chi connectivity index (χ1v) is 13.9. The highest BCUT2D eigenvalue weighted by Gasteiger charge is 2.19. The molecule has 4 aromatic carbocycles. The number of ether oxygens (including phenoxy) is 1. The number of fused-ring (bicyclic) bond motifs is 3. The van der Waals surface area contributed by atoms with Gasteiger partial charge in [-0.25, -0.2) is 4.98 Å². The fourth-order valence-corrected chi connectivity index (χ4v) is 5.56. The van der Waals surface area contributed by atoms with Crippen molar-refractivity contribution in [2.75, 3.05) is 7.11 Å². The summed E-state index contributed by atoms with van der Waals surface area (Å²) >= 11 is 0. The van der Waals surface area contributed by atoms with E-state index in [-0.39, 0.29) is 17.1 Å². The predicted octanol–water partition coefficient (Wildman–Crippen LogP) is 6.92. The Kier molecular flexibility index (Phi) is 6.51. The van der Waals surface area contributed by atoms with Gasteiger partial charge in [0.25, 0.3) is 11.2 Å². The van der Waals surface area contributed by atoms with Crippen LogP contribution in [-0.2, 0) is 6.54 Å². The molecule has 3 aromatic heterocycles. The molecule has 0 amide bonds. The van der Waals surface area contributed by atoms with Gasteiger partial charge in [-0.2, -0.15) is 9.78 Å². The van der Waals surface area contributed by atoms with Gasteiger partial charge in [0.1, 0.15) is 11.3 Å². The van der Waals surface area contributed by atoms with E-state index >= 15 is 0 Å². The van der Waals surface area contributed by atoms with E-state index in [0.29, 0.717) is 34.5 Å². The van der Waals surface area contributed by atoms with E-state index in [2.05, 4.69) is 4.57 Å². The van der Waals surface area contributed by atoms with Crippen molar-refractivity contribution in [3.05, 3.63) is 134 Å². The number of methoxy groups -OCH3 is 1. The fraction of sp³-hybridized carbons (Fsp3) is 0.0882. The fourth-order valence-electron chi connectivity index (χ4n) is 5.56. The zero-order valence-electron chi connectivity index (χ0n) is 23.8. The van der Waals surface area contributed by atoms with Gasteiger partial charge in [0, 0.05) is 40.8 Å². The molecule has 44 heavy (non-hydrogen) atoms. The number of non-ortho nitro benzene ring substituents is 1. The smallest absolute Gasteiger partial charge is 0.282 e. The third-order valence-electron chi connectivity index (χ3n) is 7.79. The topological polar surface area (TPSA) is 118 Å². The minimum absolute atomic E-state index is 0.0452. The zero-order valence-corrected chi connectivity index (χ0v) is 23.8. The minimum Gasteiger partial charge on any atom is -0.496 e. The highest BCUT2D eigenvalue weighted by Crippen LogP contribution is 2.33. The predicted molar refractivity (Wildman–Crippen MR) is 170 cm³/mol. The standard InChI is InChI=1S/C34H25N5O5/c1-21-27(24-8-4-6-11-29(24)37(21)20-22-14-16-23(17-15-22)39(41)42)19-35-38-33(36-28-10-5-3-9-25(28)34(38)40)32-18-26-30(43-2)12-7-13-31(26)44-32/h3-19H,20H2,1-2H3. The van der Waals surface area contributed by atoms with E-state index in [1.165, 1.54) is 16.8 Å². The van der Waals surface area contributed by atoms with Gasteiger partial charge in [-0.1, -0.05) is 48.5 Å². The number of rotatable bonds is 7. The van der Waals surface area contributed by atoms with Crippen molar-refractivity contribution in [2.45, 2.75) is 13.5 Å². The largest absolute Gasteiger partial charge is 0.496 e. The summed E-state index contributed by atoms with van der Waals surface area (Å²) in [6.07, 6.45) is 1.68. The van der Waals surface area contributed by atoms with Crippen LogP contribution in [0.2, 0.25) is 0 Å². The summed E-state index contributed by atoms with van der Waals surface area (Å²) in [5.41, 5.74) is 4.49. The van der Waals surface area contributed by atoms with Crippen LogP contribution in [0.4, 0.5) is 5.69 Å². The molecule has 0 aliphatic heterocycles. The van der Waals surface area contributed by atoms with Crippen LogP contribution in [0.5, 0.6) is 5.75 Å². The van der Waals surface area contributed by atoms with Crippen LogP contribution in [0.25, 0.3) is 44.4 Å². The van der Waals surface area contributed by atoms with Crippen molar-refractivity contribution < 1.29 is 14.1 Å². The molecule has 0 aliphatic carbocycles. The summed E-state index contributed by atoms with van der Waals surface area (Å²) in [6, 6.07) is 28.9. The van der Waals surface area contributed by atoms with Gasteiger partial charge < -0.3 is 13.7 Å². The summed E-state index contributed by atoms with van der Waals surface area (Å²) in [4.78, 5) is 29.4. The molecule has 7 rings (SSSR count). The van der Waals surface area contributed by atoms with E-state index in [1.54, 1.807) is 49.7 Å². The second-order valence-electron chi connectivity index (χ2n) is 10.3. The highest BCUT2D eigenvalue weighted by molar-refractivity contribution is 6.01. The summed E-state index contributed by atoms with van der Waals surface area (Å²) in [5.74, 6) is 1.28. The molecule has 0 unspecified atom stereocenters. The number of aromatic nitrogens is 3. The lowest BCUT2D eigenvalue weighted by molar-refractivity contribution is -0.384. The SMILES string of the molecule is COc1cccc2oc(-c3nc4ccccc4c(=O)n3N=Cc3c(C)n(Cc4ccc([N+](=O)[O-])cc4)c4ccccc34)cc12. The van der Waals surface area contributed by atoms with Crippen molar-refractivity contribution in [2.24, 2.45) is 5.10 Å². The van der Waals surface area contributed by atoms with Crippen LogP contribution in [-0.4, -0.2) is 32.5 Å². The second kappa shape index (κ2) is 10.7. The molecule has 7 aromatic rings. The number of hydrogen-bond acceptors (Lipinski definition) is 7. The first kappa shape index (κ1) is 26.8. The first-order chi connectivity index (χ1) is 21.4. The van der Waals surface area contributed by atoms with Crippen LogP contribution in [0, 0.1) is 17.0 Å². The summed E-state index contributed by atoms with van der Waals surface area (Å²) in [5, 5.41) is 18.0. The molecular weight excluding hydrogens is 558 g/mol. The van der Waals surface area contributed by atoms with Crippen molar-refractivity contribution in [3.63, 3.8) is 0 Å². The molecule has 0 atom stereocenters. The molecule has 10 heteroatoms. The molecule has 0 bridgehead atoms. The average molecular weight is 584 g/mol. The van der Waals surface area contributed by atoms with Gasteiger partial charge >= 0.3 is 0 Å². The maximum Gasteiger partial charge on any atom is 0.282 e. The average Bonchev–Trinajstić information content (AvgIpc) is 3.60. The number of furan rings is 1. The molecule has 0 saturated carbocycles. The molecule has 0 fully saturated rings. The van der Waals surface area contributed by atoms with Crippen LogP contribution in [0.15, 0.2) is 111 Å². The van der Waals surface area contributed by atoms with Crippen LogP contribution in [0.3, 0.4) is 0 Å². The molecule has 0 radical (unpaired) electrons. The maximum atomic E-state index is 13.8. The van der Waals surface area contributed by atoms with Gasteiger partial charge in [0.05, 0.1) is 34.5 Å². The van der Waals surface area contributed by atoms with E-state index in [9.17, 15) is 14.9 Å². The third kappa shape index (κ3) is 4.49. The Balaban J connectivity index is 1.37. The number of nitro benzene ring substituents is 1. The first-order valence-electron chi connectivity index (χ1n) is 13.9. The molecule has 0 aliphatic rings. The Morgan fingerprint density at radius 2 is 1.70 bits per heavy atom. The number of nitro groups is 1. The summed E-state index contributed by atoms with van der Waals surface area (Å²) < 4.78 is 15.1. The van der Waals surface area contributed by atoms with E-state index in [0.717, 1.165) is 33.1 Å². The lowest BCUT2D eigenvalue weighted by Gasteiger charge is -2.09. The highest BCUT2D eigenvalue weighted by atomic mass is 16.6. The van der Waals surface area contributed by atoms with Gasteiger partial charge in [0.2, 0.25) is 5.82 Å². The van der Waals surface area contributed by atoms with Crippen molar-refractivity contribution in [1.29, 1.82) is 0 Å². The van der Waals surface area contributed by atoms with E-state index in [4.69, 9.17) is 19.2 Å². The Bertz CT molecular complexity index is 2310. The van der Waals surface area contributed by atoms with Crippen LogP contribution < -0.4 is 10.3 Å². The zero-order chi connectivity index (χ0) is 30.4. The molecule has 0 spiro atoms. The maximum absolute atomic E-state index is 13.8. The van der Waals surface area contributed by atoms with Crippen LogP contribution >= 0.6 is 0 Å². The summed E-state index contributed by atoms with van der Waals surface area (Å²) in [6.45, 7) is 2.49. The molecule has 3 heterocycles. The Morgan fingerprint density at radius 1 is 0.955 bits per heavy atom. The third-order valence-corrected chi connectivity index (χ3v) is 7.79. The summed E-state index contributed by atoms with van der Waals surface area (Å²) in [7, 11) is 1.59. The lowest BCUT2D eigenvalue weighted by Crippen LogP contribution is -2.20. The minimum atomic E-state index is -0.408. The number of benzene rings is 4. The van der Waals surface area contributed by atoms with Crippen molar-refractivity contribution in [3.8, 4) is 17.3 Å². The normalized spacial score (nSPS) is 11.7. The van der Waals surface area contributed by atoms with Gasteiger partial charge in [0.15, 0.2) is 5.76 Å². The Morgan fingerprint density at radius 3 is 2.48 bits per heavy atom. The number of hydrogen-bond donors (Lipinski definition) is 0. The number of nitrogens with zero attached hydrogens (tertiary/aromatic N) is 5. The molecule has 10 nitrogen and oxygen atoms in total. The van der Waals surface area contributed by atoms with Gasteiger partial charge in [-0.15, -0.1) is 0 Å². The molecule has 0 N–H and O–H groups in total. The molecule has 0 saturated heterocycles.